The number of benzene rings is 1. The Morgan fingerprint density at radius 1 is 1.19 bits per heavy atom. The van der Waals surface area contributed by atoms with Crippen LogP contribution in [-0.2, 0) is 0 Å². The third-order valence-electron chi connectivity index (χ3n) is 6.43. The van der Waals surface area contributed by atoms with E-state index >= 15 is 0 Å². The Hall–Kier alpha value is -1.52. The monoisotopic (exact) mass is 355 g/mol. The molecule has 1 unspecified atom stereocenters. The van der Waals surface area contributed by atoms with Crippen molar-refractivity contribution in [2.45, 2.75) is 44.4 Å². The van der Waals surface area contributed by atoms with Crippen molar-refractivity contribution in [2.24, 2.45) is 5.92 Å². The smallest absolute Gasteiger partial charge is 0.120 e. The largest absolute Gasteiger partial charge is 0.497 e. The average Bonchev–Trinajstić information content (AvgIpc) is 3.12. The number of aromatic nitrogens is 1. The first-order valence-corrected chi connectivity index (χ1v) is 10.4. The van der Waals surface area contributed by atoms with Crippen LogP contribution in [-0.4, -0.2) is 49.7 Å². The molecule has 2 aliphatic rings. The van der Waals surface area contributed by atoms with E-state index in [9.17, 15) is 0 Å². The Morgan fingerprint density at radius 3 is 2.85 bits per heavy atom. The molecule has 3 heterocycles. The summed E-state index contributed by atoms with van der Waals surface area (Å²) in [5, 5.41) is 4.91. The number of rotatable bonds is 6. The van der Waals surface area contributed by atoms with Crippen molar-refractivity contribution in [1.29, 1.82) is 0 Å². The third-order valence-corrected chi connectivity index (χ3v) is 6.43. The van der Waals surface area contributed by atoms with Crippen molar-refractivity contribution in [2.75, 3.05) is 39.8 Å². The first-order chi connectivity index (χ1) is 12.8. The van der Waals surface area contributed by atoms with Crippen LogP contribution in [0.1, 0.15) is 50.0 Å². The predicted octanol–water partition coefficient (Wildman–Crippen LogP) is 4.14. The van der Waals surface area contributed by atoms with Crippen LogP contribution in [0.5, 0.6) is 5.75 Å². The summed E-state index contributed by atoms with van der Waals surface area (Å²) >= 11 is 0. The summed E-state index contributed by atoms with van der Waals surface area (Å²) in [6.07, 6.45) is 10.3. The van der Waals surface area contributed by atoms with Crippen molar-refractivity contribution in [3.63, 3.8) is 0 Å². The van der Waals surface area contributed by atoms with Crippen LogP contribution in [0.3, 0.4) is 0 Å². The molecule has 0 saturated carbocycles. The van der Waals surface area contributed by atoms with E-state index in [2.05, 4.69) is 39.6 Å². The number of methoxy groups -OCH3 is 1. The number of H-pyrrole nitrogens is 1. The minimum Gasteiger partial charge on any atom is -0.497 e. The molecule has 1 atom stereocenters. The number of ether oxygens (including phenoxy) is 1. The molecule has 0 spiro atoms. The number of hydrogen-bond acceptors (Lipinski definition) is 3. The SMILES string of the molecule is COc1ccc2c(C3CCN(CCCC4CCCNC4)CC3)c[nH]c2c1. The number of piperidine rings is 2. The molecule has 26 heavy (non-hydrogen) atoms. The Kier molecular flexibility index (Phi) is 5.81. The van der Waals surface area contributed by atoms with E-state index in [0.29, 0.717) is 5.92 Å². The lowest BCUT2D eigenvalue weighted by Crippen LogP contribution is -2.34. The lowest BCUT2D eigenvalue weighted by Gasteiger charge is -2.32. The molecule has 2 fully saturated rings. The van der Waals surface area contributed by atoms with E-state index in [0.717, 1.165) is 11.7 Å². The number of likely N-dealkylation sites (tertiary alicyclic amines) is 1. The number of hydrogen-bond donors (Lipinski definition) is 2. The van der Waals surface area contributed by atoms with E-state index in [4.69, 9.17) is 4.74 Å². The van der Waals surface area contributed by atoms with Gasteiger partial charge in [0.2, 0.25) is 0 Å². The van der Waals surface area contributed by atoms with Gasteiger partial charge in [-0.2, -0.15) is 0 Å². The maximum Gasteiger partial charge on any atom is 0.120 e. The Balaban J connectivity index is 1.27. The fourth-order valence-electron chi connectivity index (χ4n) is 4.83. The molecule has 0 radical (unpaired) electrons. The molecule has 2 saturated heterocycles. The van der Waals surface area contributed by atoms with Gasteiger partial charge in [-0.25, -0.2) is 0 Å². The number of nitrogens with zero attached hydrogens (tertiary/aromatic N) is 1. The lowest BCUT2D eigenvalue weighted by molar-refractivity contribution is 0.202. The van der Waals surface area contributed by atoms with E-state index in [1.807, 2.05) is 0 Å². The van der Waals surface area contributed by atoms with Crippen molar-refractivity contribution < 1.29 is 4.74 Å². The topological polar surface area (TPSA) is 40.3 Å². The van der Waals surface area contributed by atoms with E-state index < -0.39 is 0 Å². The first kappa shape index (κ1) is 17.9. The van der Waals surface area contributed by atoms with Crippen LogP contribution in [0.2, 0.25) is 0 Å². The fourth-order valence-corrected chi connectivity index (χ4v) is 4.83. The van der Waals surface area contributed by atoms with E-state index in [-0.39, 0.29) is 0 Å². The van der Waals surface area contributed by atoms with Crippen molar-refractivity contribution in [3.8, 4) is 5.75 Å². The number of aromatic amines is 1. The predicted molar refractivity (Wildman–Crippen MR) is 108 cm³/mol. The summed E-state index contributed by atoms with van der Waals surface area (Å²) in [4.78, 5) is 6.13. The van der Waals surface area contributed by atoms with Gasteiger partial charge < -0.3 is 19.9 Å². The summed E-state index contributed by atoms with van der Waals surface area (Å²) in [6, 6.07) is 6.40. The van der Waals surface area contributed by atoms with Gasteiger partial charge in [0.1, 0.15) is 5.75 Å². The highest BCUT2D eigenvalue weighted by atomic mass is 16.5. The Labute approximate surface area is 157 Å². The van der Waals surface area contributed by atoms with Gasteiger partial charge in [0.15, 0.2) is 0 Å². The third kappa shape index (κ3) is 4.07. The zero-order chi connectivity index (χ0) is 17.8. The van der Waals surface area contributed by atoms with Crippen molar-refractivity contribution in [3.05, 3.63) is 30.0 Å². The number of nitrogens with one attached hydrogen (secondary N) is 2. The van der Waals surface area contributed by atoms with Crippen LogP contribution in [0.15, 0.2) is 24.4 Å². The molecule has 1 aromatic carbocycles. The Morgan fingerprint density at radius 2 is 2.08 bits per heavy atom. The lowest BCUT2D eigenvalue weighted by atomic mass is 9.89. The summed E-state index contributed by atoms with van der Waals surface area (Å²) in [5.41, 5.74) is 2.69. The molecule has 4 heteroatoms. The van der Waals surface area contributed by atoms with Gasteiger partial charge >= 0.3 is 0 Å². The average molecular weight is 356 g/mol. The molecule has 2 aliphatic heterocycles. The van der Waals surface area contributed by atoms with Gasteiger partial charge in [-0.3, -0.25) is 0 Å². The van der Waals surface area contributed by atoms with Gasteiger partial charge in [-0.1, -0.05) is 0 Å². The molecule has 0 bridgehead atoms. The molecular weight excluding hydrogens is 322 g/mol. The first-order valence-electron chi connectivity index (χ1n) is 10.4. The molecule has 1 aromatic heterocycles. The van der Waals surface area contributed by atoms with E-state index in [1.54, 1.807) is 7.11 Å². The molecule has 2 N–H and O–H groups in total. The molecule has 4 nitrogen and oxygen atoms in total. The second-order valence-electron chi connectivity index (χ2n) is 8.13. The van der Waals surface area contributed by atoms with Crippen LogP contribution in [0.25, 0.3) is 10.9 Å². The normalized spacial score (nSPS) is 22.7. The minimum absolute atomic E-state index is 0.691. The van der Waals surface area contributed by atoms with Gasteiger partial charge in [0.05, 0.1) is 7.11 Å². The molecule has 142 valence electrons. The summed E-state index contributed by atoms with van der Waals surface area (Å²) in [7, 11) is 1.73. The molecule has 0 aliphatic carbocycles. The van der Waals surface area contributed by atoms with Crippen LogP contribution < -0.4 is 10.1 Å². The maximum absolute atomic E-state index is 5.34. The highest BCUT2D eigenvalue weighted by Gasteiger charge is 2.23. The highest BCUT2D eigenvalue weighted by molar-refractivity contribution is 5.85. The second kappa shape index (κ2) is 8.45. The highest BCUT2D eigenvalue weighted by Crippen LogP contribution is 2.34. The summed E-state index contributed by atoms with van der Waals surface area (Å²) < 4.78 is 5.34. The van der Waals surface area contributed by atoms with Gasteiger partial charge in [0.25, 0.3) is 0 Å². The standard InChI is InChI=1S/C22H33N3O/c1-26-19-6-7-20-21(16-24-22(20)14-19)18-8-12-25(13-9-18)11-3-5-17-4-2-10-23-15-17/h6-7,14,16-18,23-24H,2-5,8-13,15H2,1H3. The fraction of sp³-hybridized carbons (Fsp3) is 0.636. The van der Waals surface area contributed by atoms with Crippen LogP contribution in [0.4, 0.5) is 0 Å². The zero-order valence-corrected chi connectivity index (χ0v) is 16.1. The van der Waals surface area contributed by atoms with Crippen molar-refractivity contribution >= 4 is 10.9 Å². The Bertz CT molecular complexity index is 696. The summed E-state index contributed by atoms with van der Waals surface area (Å²) in [5.74, 6) is 2.54. The molecule has 2 aromatic rings. The van der Waals surface area contributed by atoms with Gasteiger partial charge in [0, 0.05) is 23.2 Å². The van der Waals surface area contributed by atoms with Gasteiger partial charge in [-0.15, -0.1) is 0 Å². The zero-order valence-electron chi connectivity index (χ0n) is 16.1. The van der Waals surface area contributed by atoms with E-state index in [1.165, 1.54) is 87.7 Å². The molecule has 0 amide bonds. The van der Waals surface area contributed by atoms with Crippen LogP contribution in [0, 0.1) is 5.92 Å². The van der Waals surface area contributed by atoms with Crippen LogP contribution >= 0.6 is 0 Å². The molecule has 4 rings (SSSR count). The van der Waals surface area contributed by atoms with Crippen molar-refractivity contribution in [1.82, 2.24) is 15.2 Å². The molecular formula is C22H33N3O. The minimum atomic E-state index is 0.691. The second-order valence-corrected chi connectivity index (χ2v) is 8.13. The quantitative estimate of drug-likeness (QED) is 0.818. The summed E-state index contributed by atoms with van der Waals surface area (Å²) in [6.45, 7) is 6.25. The maximum atomic E-state index is 5.34. The van der Waals surface area contributed by atoms with Gasteiger partial charge in [-0.05, 0) is 101 Å². The number of fused-ring (bicyclic) bond motifs is 1.